The summed E-state index contributed by atoms with van der Waals surface area (Å²) in [7, 11) is 0. The fourth-order valence-corrected chi connectivity index (χ4v) is 2.92. The molecular formula is C8H4BrIN2S. The van der Waals surface area contributed by atoms with E-state index in [1.165, 1.54) is 3.57 Å². The van der Waals surface area contributed by atoms with E-state index in [2.05, 4.69) is 60.9 Å². The minimum absolute atomic E-state index is 0.821. The second kappa shape index (κ2) is 4.02. The molecule has 0 atom stereocenters. The van der Waals surface area contributed by atoms with E-state index in [9.17, 15) is 0 Å². The Bertz CT molecular complexity index is 430. The highest BCUT2D eigenvalue weighted by Gasteiger charge is 2.06. The molecule has 0 saturated carbocycles. The van der Waals surface area contributed by atoms with Crippen LogP contribution in [0.4, 0.5) is 0 Å². The lowest BCUT2D eigenvalue weighted by molar-refractivity contribution is 1.07. The van der Waals surface area contributed by atoms with E-state index in [4.69, 9.17) is 0 Å². The minimum Gasteiger partial charge on any atom is -0.137 e. The fraction of sp³-hybridized carbons (Fsp3) is 0. The van der Waals surface area contributed by atoms with Crippen molar-refractivity contribution in [1.29, 1.82) is 0 Å². The molecule has 0 unspecified atom stereocenters. The van der Waals surface area contributed by atoms with Gasteiger partial charge in [0, 0.05) is 9.13 Å². The third-order valence-corrected chi connectivity index (χ3v) is 3.83. The van der Waals surface area contributed by atoms with Crippen LogP contribution in [0.1, 0.15) is 0 Å². The van der Waals surface area contributed by atoms with Gasteiger partial charge in [0.2, 0.25) is 0 Å². The molecule has 2 nitrogen and oxygen atoms in total. The molecule has 1 aromatic carbocycles. The molecule has 0 spiro atoms. The third kappa shape index (κ3) is 2.08. The van der Waals surface area contributed by atoms with Crippen LogP contribution in [0, 0.1) is 3.57 Å². The van der Waals surface area contributed by atoms with Gasteiger partial charge in [0.15, 0.2) is 3.92 Å². The van der Waals surface area contributed by atoms with E-state index in [-0.39, 0.29) is 0 Å². The summed E-state index contributed by atoms with van der Waals surface area (Å²) in [5.74, 6) is 0. The first-order chi connectivity index (χ1) is 6.27. The average molecular weight is 367 g/mol. The van der Waals surface area contributed by atoms with Crippen LogP contribution in [0.2, 0.25) is 0 Å². The Morgan fingerprint density at radius 2 is 2.00 bits per heavy atom. The summed E-state index contributed by atoms with van der Waals surface area (Å²) in [4.78, 5) is 0. The number of rotatable bonds is 1. The predicted octanol–water partition coefficient (Wildman–Crippen LogP) is 3.57. The molecule has 66 valence electrons. The lowest BCUT2D eigenvalue weighted by Crippen LogP contribution is -1.80. The van der Waals surface area contributed by atoms with E-state index < -0.39 is 0 Å². The van der Waals surface area contributed by atoms with Crippen LogP contribution >= 0.6 is 49.9 Å². The van der Waals surface area contributed by atoms with E-state index in [1.54, 1.807) is 11.3 Å². The summed E-state index contributed by atoms with van der Waals surface area (Å²) in [6.45, 7) is 0. The largest absolute Gasteiger partial charge is 0.183 e. The van der Waals surface area contributed by atoms with Crippen molar-refractivity contribution in [2.45, 2.75) is 0 Å². The molecular weight excluding hydrogens is 363 g/mol. The quantitative estimate of drug-likeness (QED) is 0.721. The Balaban J connectivity index is 2.52. The number of hydrogen-bond donors (Lipinski definition) is 0. The van der Waals surface area contributed by atoms with Crippen LogP contribution in [-0.2, 0) is 0 Å². The van der Waals surface area contributed by atoms with E-state index >= 15 is 0 Å². The second-order valence-corrected chi connectivity index (χ2v) is 5.76. The van der Waals surface area contributed by atoms with Crippen molar-refractivity contribution in [3.8, 4) is 10.6 Å². The van der Waals surface area contributed by atoms with Crippen molar-refractivity contribution >= 4 is 49.9 Å². The van der Waals surface area contributed by atoms with Crippen molar-refractivity contribution in [2.75, 3.05) is 0 Å². The minimum atomic E-state index is 0.821. The number of aromatic nitrogens is 2. The molecule has 0 aliphatic carbocycles. The summed E-state index contributed by atoms with van der Waals surface area (Å²) >= 11 is 7.14. The molecule has 0 aliphatic rings. The molecule has 0 N–H and O–H groups in total. The maximum atomic E-state index is 4.06. The van der Waals surface area contributed by atoms with Gasteiger partial charge >= 0.3 is 0 Å². The highest BCUT2D eigenvalue weighted by molar-refractivity contribution is 14.1. The van der Waals surface area contributed by atoms with Crippen molar-refractivity contribution in [2.24, 2.45) is 0 Å². The second-order valence-electron chi connectivity index (χ2n) is 2.34. The third-order valence-electron chi connectivity index (χ3n) is 1.50. The summed E-state index contributed by atoms with van der Waals surface area (Å²) in [5.41, 5.74) is 1.14. The Morgan fingerprint density at radius 1 is 1.23 bits per heavy atom. The van der Waals surface area contributed by atoms with Crippen molar-refractivity contribution < 1.29 is 0 Å². The number of halogens is 2. The van der Waals surface area contributed by atoms with Crippen LogP contribution in [-0.4, -0.2) is 10.2 Å². The molecule has 2 rings (SSSR count). The maximum Gasteiger partial charge on any atom is 0.183 e. The van der Waals surface area contributed by atoms with Crippen LogP contribution in [0.25, 0.3) is 10.6 Å². The zero-order valence-corrected chi connectivity index (χ0v) is 10.9. The maximum absolute atomic E-state index is 4.06. The lowest BCUT2D eigenvalue weighted by Gasteiger charge is -1.96. The SMILES string of the molecule is Brc1nnc(-c2ccccc2I)s1. The average Bonchev–Trinajstić information content (AvgIpc) is 2.53. The molecule has 0 radical (unpaired) electrons. The highest BCUT2D eigenvalue weighted by atomic mass is 127. The van der Waals surface area contributed by atoms with Gasteiger partial charge in [-0.05, 0) is 44.6 Å². The van der Waals surface area contributed by atoms with Gasteiger partial charge in [0.1, 0.15) is 5.01 Å². The Hall–Kier alpha value is -0.0100. The Kier molecular flexibility index (Phi) is 2.95. The summed E-state index contributed by atoms with van der Waals surface area (Å²) < 4.78 is 2.02. The Morgan fingerprint density at radius 3 is 2.62 bits per heavy atom. The zero-order valence-electron chi connectivity index (χ0n) is 6.37. The van der Waals surface area contributed by atoms with Crippen molar-refractivity contribution in [3.63, 3.8) is 0 Å². The van der Waals surface area contributed by atoms with Gasteiger partial charge < -0.3 is 0 Å². The number of nitrogens with zero attached hydrogens (tertiary/aromatic N) is 2. The molecule has 0 aliphatic heterocycles. The molecule has 0 fully saturated rings. The standard InChI is InChI=1S/C8H4BrIN2S/c9-8-12-11-7(13-8)5-3-1-2-4-6(5)10/h1-4H. The first-order valence-corrected chi connectivity index (χ1v) is 6.20. The fourth-order valence-electron chi connectivity index (χ4n) is 0.949. The lowest BCUT2D eigenvalue weighted by atomic mass is 10.2. The predicted molar refractivity (Wildman–Crippen MR) is 65.8 cm³/mol. The summed E-state index contributed by atoms with van der Waals surface area (Å²) in [5, 5.41) is 8.94. The zero-order chi connectivity index (χ0) is 9.26. The smallest absolute Gasteiger partial charge is 0.137 e. The van der Waals surface area contributed by atoms with Crippen LogP contribution in [0.3, 0.4) is 0 Å². The highest BCUT2D eigenvalue weighted by Crippen LogP contribution is 2.29. The van der Waals surface area contributed by atoms with Crippen LogP contribution in [0.5, 0.6) is 0 Å². The van der Waals surface area contributed by atoms with Gasteiger partial charge in [-0.2, -0.15) is 0 Å². The van der Waals surface area contributed by atoms with Crippen molar-refractivity contribution in [1.82, 2.24) is 10.2 Å². The molecule has 2 aromatic rings. The van der Waals surface area contributed by atoms with Crippen molar-refractivity contribution in [3.05, 3.63) is 31.8 Å². The van der Waals surface area contributed by atoms with E-state index in [0.717, 1.165) is 14.5 Å². The van der Waals surface area contributed by atoms with Gasteiger partial charge in [0.25, 0.3) is 0 Å². The Labute approximate surface area is 102 Å². The monoisotopic (exact) mass is 366 g/mol. The molecule has 0 amide bonds. The van der Waals surface area contributed by atoms with Gasteiger partial charge in [0.05, 0.1) is 0 Å². The molecule has 13 heavy (non-hydrogen) atoms. The first-order valence-electron chi connectivity index (χ1n) is 3.51. The topological polar surface area (TPSA) is 25.8 Å². The molecule has 0 bridgehead atoms. The van der Waals surface area contributed by atoms with Crippen LogP contribution in [0.15, 0.2) is 28.2 Å². The molecule has 1 aromatic heterocycles. The van der Waals surface area contributed by atoms with Crippen LogP contribution < -0.4 is 0 Å². The molecule has 5 heteroatoms. The van der Waals surface area contributed by atoms with Gasteiger partial charge in [-0.1, -0.05) is 29.5 Å². The van der Waals surface area contributed by atoms with E-state index in [0.29, 0.717) is 0 Å². The first kappa shape index (κ1) is 9.54. The van der Waals surface area contributed by atoms with Gasteiger partial charge in [-0.15, -0.1) is 10.2 Å². The number of benzene rings is 1. The van der Waals surface area contributed by atoms with E-state index in [1.807, 2.05) is 12.1 Å². The molecule has 0 saturated heterocycles. The van der Waals surface area contributed by atoms with Gasteiger partial charge in [-0.3, -0.25) is 0 Å². The van der Waals surface area contributed by atoms with Gasteiger partial charge in [-0.25, -0.2) is 0 Å². The summed E-state index contributed by atoms with van der Waals surface area (Å²) in [6.07, 6.45) is 0. The normalized spacial score (nSPS) is 10.3. The number of hydrogen-bond acceptors (Lipinski definition) is 3. The summed E-state index contributed by atoms with van der Waals surface area (Å²) in [6, 6.07) is 8.13. The molecule has 1 heterocycles.